The molecule has 1 aliphatic rings. The van der Waals surface area contributed by atoms with Crippen LogP contribution in [0.5, 0.6) is 0 Å². The molecule has 1 aromatic rings. The first-order valence-electron chi connectivity index (χ1n) is 6.89. The Morgan fingerprint density at radius 1 is 1.20 bits per heavy atom. The molecule has 2 nitrogen and oxygen atoms in total. The Balaban J connectivity index is 2.11. The van der Waals surface area contributed by atoms with Crippen LogP contribution < -0.4 is 0 Å². The number of rotatable bonds is 5. The summed E-state index contributed by atoms with van der Waals surface area (Å²) in [5.41, 5.74) is 2.50. The van der Waals surface area contributed by atoms with Crippen molar-refractivity contribution in [2.45, 2.75) is 43.0 Å². The highest BCUT2D eigenvalue weighted by molar-refractivity contribution is 9.10. The molecular weight excluding hydrogens is 398 g/mol. The van der Waals surface area contributed by atoms with E-state index in [1.54, 1.807) is 0 Å². The smallest absolute Gasteiger partial charge is 0.184 e. The first-order chi connectivity index (χ1) is 9.40. The third kappa shape index (κ3) is 4.26. The Bertz CT molecular complexity index is 473. The second kappa shape index (κ2) is 6.86. The van der Waals surface area contributed by atoms with Gasteiger partial charge in [0.05, 0.1) is 17.0 Å². The number of alkyl halides is 2. The lowest BCUT2D eigenvalue weighted by atomic mass is 10.0. The minimum Gasteiger partial charge on any atom is -0.411 e. The average molecular weight is 419 g/mol. The molecule has 0 saturated carbocycles. The first-order valence-corrected chi connectivity index (χ1v) is 12.3. The van der Waals surface area contributed by atoms with Crippen LogP contribution in [0, 0.1) is 0 Å². The highest BCUT2D eigenvalue weighted by Gasteiger charge is 2.39. The molecule has 0 amide bonds. The summed E-state index contributed by atoms with van der Waals surface area (Å²) in [5.74, 6) is 0. The van der Waals surface area contributed by atoms with Crippen molar-refractivity contribution in [3.8, 4) is 0 Å². The second-order valence-electron chi connectivity index (χ2n) is 6.10. The van der Waals surface area contributed by atoms with Gasteiger partial charge in [-0.1, -0.05) is 62.2 Å². The molecule has 1 aliphatic heterocycles. The molecule has 1 heterocycles. The summed E-state index contributed by atoms with van der Waals surface area (Å²) in [6.07, 6.45) is 1.05. The van der Waals surface area contributed by atoms with Crippen molar-refractivity contribution in [3.63, 3.8) is 0 Å². The van der Waals surface area contributed by atoms with Crippen molar-refractivity contribution in [2.75, 3.05) is 5.33 Å². The number of aliphatic imine (C=N–C) groups is 1. The van der Waals surface area contributed by atoms with Crippen LogP contribution in [-0.4, -0.2) is 36.3 Å². The van der Waals surface area contributed by atoms with Crippen molar-refractivity contribution in [1.29, 1.82) is 0 Å². The Hall–Kier alpha value is 0.0269. The van der Waals surface area contributed by atoms with Gasteiger partial charge in [-0.3, -0.25) is 4.99 Å². The van der Waals surface area contributed by atoms with Gasteiger partial charge in [0.25, 0.3) is 0 Å². The van der Waals surface area contributed by atoms with Crippen LogP contribution in [0.4, 0.5) is 0 Å². The Kier molecular flexibility index (Phi) is 5.62. The zero-order valence-electron chi connectivity index (χ0n) is 12.1. The van der Waals surface area contributed by atoms with Crippen LogP contribution in [0.1, 0.15) is 5.56 Å². The molecule has 0 spiro atoms. The monoisotopic (exact) mass is 417 g/mol. The molecule has 0 aromatic heterocycles. The van der Waals surface area contributed by atoms with E-state index < -0.39 is 8.32 Å². The van der Waals surface area contributed by atoms with Crippen LogP contribution in [-0.2, 0) is 10.8 Å². The van der Waals surface area contributed by atoms with Gasteiger partial charge in [0.2, 0.25) is 0 Å². The molecule has 3 atom stereocenters. The first kappa shape index (κ1) is 16.4. The Morgan fingerprint density at radius 3 is 2.40 bits per heavy atom. The summed E-state index contributed by atoms with van der Waals surface area (Å²) < 4.78 is 6.33. The molecule has 3 unspecified atom stereocenters. The molecule has 0 N–H and O–H groups in total. The van der Waals surface area contributed by atoms with Crippen molar-refractivity contribution < 1.29 is 4.43 Å². The lowest BCUT2D eigenvalue weighted by Gasteiger charge is -2.28. The van der Waals surface area contributed by atoms with Crippen molar-refractivity contribution in [2.24, 2.45) is 4.99 Å². The summed E-state index contributed by atoms with van der Waals surface area (Å²) in [6, 6.07) is 10.7. The summed E-state index contributed by atoms with van der Waals surface area (Å²) in [6.45, 7) is 6.69. The van der Waals surface area contributed by atoms with Crippen molar-refractivity contribution in [3.05, 3.63) is 35.9 Å². The van der Waals surface area contributed by atoms with E-state index in [1.807, 2.05) is 6.07 Å². The van der Waals surface area contributed by atoms with Gasteiger partial charge in [-0.2, -0.15) is 0 Å². The molecule has 110 valence electrons. The summed E-state index contributed by atoms with van der Waals surface area (Å²) in [5, 5.41) is 0.850. The van der Waals surface area contributed by atoms with Crippen LogP contribution in [0.3, 0.4) is 0 Å². The van der Waals surface area contributed by atoms with Crippen LogP contribution >= 0.6 is 31.9 Å². The number of hydrogen-bond acceptors (Lipinski definition) is 2. The van der Waals surface area contributed by atoms with Gasteiger partial charge in [0.1, 0.15) is 0 Å². The quantitative estimate of drug-likeness (QED) is 0.511. The van der Waals surface area contributed by atoms with E-state index in [-0.39, 0.29) is 17.0 Å². The maximum Gasteiger partial charge on any atom is 0.184 e. The van der Waals surface area contributed by atoms with Gasteiger partial charge in [-0.15, -0.1) is 0 Å². The number of hydrogen-bond donors (Lipinski definition) is 0. The normalized spacial score (nSPS) is 26.6. The minimum absolute atomic E-state index is 0.153. The largest absolute Gasteiger partial charge is 0.411 e. The fourth-order valence-corrected chi connectivity index (χ4v) is 4.92. The van der Waals surface area contributed by atoms with Crippen LogP contribution in [0.2, 0.25) is 19.6 Å². The van der Waals surface area contributed by atoms with Crippen molar-refractivity contribution in [1.82, 2.24) is 0 Å². The van der Waals surface area contributed by atoms with E-state index in [2.05, 4.69) is 75.8 Å². The van der Waals surface area contributed by atoms with E-state index in [0.717, 1.165) is 11.8 Å². The maximum atomic E-state index is 6.33. The maximum absolute atomic E-state index is 6.33. The third-order valence-corrected chi connectivity index (χ3v) is 5.89. The van der Waals surface area contributed by atoms with Crippen LogP contribution in [0.15, 0.2) is 35.3 Å². The van der Waals surface area contributed by atoms with Gasteiger partial charge in [0, 0.05) is 17.5 Å². The van der Waals surface area contributed by atoms with Gasteiger partial charge >= 0.3 is 0 Å². The van der Waals surface area contributed by atoms with E-state index in [0.29, 0.717) is 0 Å². The SMILES string of the molecule is C[Si](C)(C)OC1C(CBr)N=C(Cc2ccccc2)C1Br. The van der Waals surface area contributed by atoms with Crippen LogP contribution in [0.25, 0.3) is 0 Å². The van der Waals surface area contributed by atoms with E-state index in [4.69, 9.17) is 9.42 Å². The lowest BCUT2D eigenvalue weighted by molar-refractivity contribution is 0.196. The second-order valence-corrected chi connectivity index (χ2v) is 12.2. The fraction of sp³-hybridized carbons (Fsp3) is 0.533. The van der Waals surface area contributed by atoms with Gasteiger partial charge < -0.3 is 4.43 Å². The van der Waals surface area contributed by atoms with E-state index >= 15 is 0 Å². The topological polar surface area (TPSA) is 21.6 Å². The third-order valence-electron chi connectivity index (χ3n) is 3.19. The predicted molar refractivity (Wildman–Crippen MR) is 96.1 cm³/mol. The molecular formula is C15H21Br2NOSi. The highest BCUT2D eigenvalue weighted by Crippen LogP contribution is 2.29. The van der Waals surface area contributed by atoms with Gasteiger partial charge in [-0.25, -0.2) is 0 Å². The molecule has 0 bridgehead atoms. The molecule has 2 rings (SSSR count). The summed E-state index contributed by atoms with van der Waals surface area (Å²) in [4.78, 5) is 5.09. The minimum atomic E-state index is -1.57. The van der Waals surface area contributed by atoms with E-state index in [1.165, 1.54) is 11.3 Å². The van der Waals surface area contributed by atoms with E-state index in [9.17, 15) is 0 Å². The number of nitrogens with zero attached hydrogens (tertiary/aromatic N) is 1. The van der Waals surface area contributed by atoms with Gasteiger partial charge in [0.15, 0.2) is 8.32 Å². The molecule has 0 radical (unpaired) electrons. The van der Waals surface area contributed by atoms with Crippen molar-refractivity contribution >= 4 is 45.9 Å². The van der Waals surface area contributed by atoms with Gasteiger partial charge in [-0.05, 0) is 25.2 Å². The number of halogens is 2. The summed E-state index contributed by atoms with van der Waals surface area (Å²) >= 11 is 7.38. The standard InChI is InChI=1S/C15H21Br2NOSi/c1-20(2,3)19-15-13(10-16)18-12(14(15)17)9-11-7-5-4-6-8-11/h4-8,13-15H,9-10H2,1-3H3. The Morgan fingerprint density at radius 2 is 1.85 bits per heavy atom. The Labute approximate surface area is 139 Å². The molecule has 5 heteroatoms. The number of benzene rings is 1. The zero-order chi connectivity index (χ0) is 14.8. The predicted octanol–water partition coefficient (Wildman–Crippen LogP) is 4.43. The lowest BCUT2D eigenvalue weighted by Crippen LogP contribution is -2.42. The fourth-order valence-electron chi connectivity index (χ4n) is 2.36. The molecule has 0 saturated heterocycles. The average Bonchev–Trinajstić information content (AvgIpc) is 2.67. The molecule has 0 fully saturated rings. The highest BCUT2D eigenvalue weighted by atomic mass is 79.9. The zero-order valence-corrected chi connectivity index (χ0v) is 16.3. The molecule has 20 heavy (non-hydrogen) atoms. The molecule has 0 aliphatic carbocycles. The molecule has 1 aromatic carbocycles. The summed E-state index contributed by atoms with van der Waals surface area (Å²) in [7, 11) is -1.57.